The molecule has 4 nitrogen and oxygen atoms in total. The molecule has 0 radical (unpaired) electrons. The Balaban J connectivity index is 1.48. The lowest BCUT2D eigenvalue weighted by molar-refractivity contribution is 0.0953. The Morgan fingerprint density at radius 3 is 2.92 bits per heavy atom. The number of aliphatic hydroxyl groups excluding tert-OH is 1. The molecule has 0 saturated heterocycles. The maximum Gasteiger partial charge on any atom is 0.261 e. The van der Waals surface area contributed by atoms with Crippen LogP contribution in [0.15, 0.2) is 24.3 Å². The first-order chi connectivity index (χ1) is 12.4. The summed E-state index contributed by atoms with van der Waals surface area (Å²) < 4.78 is 5.55. The Morgan fingerprint density at radius 2 is 2.15 bits per heavy atom. The predicted molar refractivity (Wildman–Crippen MR) is 103 cm³/mol. The van der Waals surface area contributed by atoms with E-state index in [1.165, 1.54) is 16.0 Å². The van der Waals surface area contributed by atoms with E-state index in [0.717, 1.165) is 16.9 Å². The van der Waals surface area contributed by atoms with Crippen molar-refractivity contribution in [1.82, 2.24) is 5.32 Å². The predicted octanol–water partition coefficient (Wildman–Crippen LogP) is 3.65. The second-order valence-electron chi connectivity index (χ2n) is 7.85. The Kier molecular flexibility index (Phi) is 4.32. The van der Waals surface area contributed by atoms with Gasteiger partial charge >= 0.3 is 0 Å². The van der Waals surface area contributed by atoms with E-state index in [-0.39, 0.29) is 19.1 Å². The van der Waals surface area contributed by atoms with E-state index >= 15 is 0 Å². The molecule has 1 saturated carbocycles. The number of amides is 1. The molecule has 0 bridgehead atoms. The van der Waals surface area contributed by atoms with Crippen LogP contribution in [0.5, 0.6) is 5.75 Å². The largest absolute Gasteiger partial charge is 0.491 e. The summed E-state index contributed by atoms with van der Waals surface area (Å²) in [6.07, 6.45) is 1.04. The van der Waals surface area contributed by atoms with Gasteiger partial charge in [-0.25, -0.2) is 0 Å². The normalized spacial score (nSPS) is 21.8. The van der Waals surface area contributed by atoms with E-state index in [1.807, 2.05) is 24.3 Å². The number of ether oxygens (including phenoxy) is 1. The minimum Gasteiger partial charge on any atom is -0.491 e. The maximum absolute atomic E-state index is 12.8. The molecule has 1 amide bonds. The van der Waals surface area contributed by atoms with Crippen molar-refractivity contribution >= 4 is 17.2 Å². The summed E-state index contributed by atoms with van der Waals surface area (Å²) in [6, 6.07) is 7.62. The van der Waals surface area contributed by atoms with E-state index in [0.29, 0.717) is 29.5 Å². The highest BCUT2D eigenvalue weighted by Gasteiger charge is 2.63. The van der Waals surface area contributed by atoms with Crippen molar-refractivity contribution in [3.8, 4) is 5.75 Å². The number of nitrogens with one attached hydrogen (secondary N) is 1. The van der Waals surface area contributed by atoms with Crippen molar-refractivity contribution in [2.45, 2.75) is 39.7 Å². The fraction of sp³-hybridized carbons (Fsp3) is 0.476. The van der Waals surface area contributed by atoms with Crippen molar-refractivity contribution in [2.24, 2.45) is 11.3 Å². The molecule has 2 atom stereocenters. The molecule has 2 N–H and O–H groups in total. The van der Waals surface area contributed by atoms with Crippen molar-refractivity contribution in [2.75, 3.05) is 13.2 Å². The topological polar surface area (TPSA) is 58.6 Å². The number of hydrogen-bond donors (Lipinski definition) is 2. The Labute approximate surface area is 158 Å². The quantitative estimate of drug-likeness (QED) is 0.815. The number of fused-ring (bicyclic) bond motifs is 3. The molecule has 0 aliphatic heterocycles. The lowest BCUT2D eigenvalue weighted by atomic mass is 9.95. The summed E-state index contributed by atoms with van der Waals surface area (Å²) in [7, 11) is 0. The zero-order valence-corrected chi connectivity index (χ0v) is 16.3. The van der Waals surface area contributed by atoms with Crippen molar-refractivity contribution < 1.29 is 14.6 Å². The Morgan fingerprint density at radius 1 is 1.38 bits per heavy atom. The van der Waals surface area contributed by atoms with Crippen LogP contribution in [-0.2, 0) is 13.0 Å². The third kappa shape index (κ3) is 2.74. The van der Waals surface area contributed by atoms with Gasteiger partial charge in [-0.1, -0.05) is 32.0 Å². The van der Waals surface area contributed by atoms with Gasteiger partial charge in [0.2, 0.25) is 0 Å². The first kappa shape index (κ1) is 17.6. The molecule has 2 aliphatic carbocycles. The van der Waals surface area contributed by atoms with Gasteiger partial charge in [-0.05, 0) is 47.8 Å². The molecule has 2 aliphatic rings. The van der Waals surface area contributed by atoms with Crippen LogP contribution in [0.25, 0.3) is 0 Å². The molecular formula is C21H25NO3S. The van der Waals surface area contributed by atoms with Crippen LogP contribution < -0.4 is 10.1 Å². The van der Waals surface area contributed by atoms with Crippen LogP contribution in [-0.4, -0.2) is 24.2 Å². The van der Waals surface area contributed by atoms with E-state index < -0.39 is 0 Å². The number of carbonyl (C=O) groups is 1. The third-order valence-corrected chi connectivity index (χ3v) is 7.15. The molecule has 26 heavy (non-hydrogen) atoms. The first-order valence-electron chi connectivity index (χ1n) is 9.17. The average Bonchev–Trinajstić information content (AvgIpc) is 2.96. The monoisotopic (exact) mass is 371 g/mol. The molecule has 1 fully saturated rings. The molecule has 0 unspecified atom stereocenters. The molecule has 138 valence electrons. The van der Waals surface area contributed by atoms with Gasteiger partial charge in [0.25, 0.3) is 5.91 Å². The lowest BCUT2D eigenvalue weighted by Gasteiger charge is -2.12. The number of rotatable bonds is 6. The highest BCUT2D eigenvalue weighted by molar-refractivity contribution is 7.14. The number of aliphatic hydroxyl groups is 1. The fourth-order valence-electron chi connectivity index (χ4n) is 4.52. The molecule has 5 heteroatoms. The first-order valence-corrected chi connectivity index (χ1v) is 9.98. The highest BCUT2D eigenvalue weighted by Crippen LogP contribution is 2.71. The van der Waals surface area contributed by atoms with Gasteiger partial charge in [-0.15, -0.1) is 11.3 Å². The van der Waals surface area contributed by atoms with Crippen LogP contribution in [0.2, 0.25) is 0 Å². The molecule has 1 aromatic carbocycles. The maximum atomic E-state index is 12.8. The van der Waals surface area contributed by atoms with E-state index in [1.54, 1.807) is 11.3 Å². The number of thiophene rings is 1. The molecule has 0 spiro atoms. The second-order valence-corrected chi connectivity index (χ2v) is 9.08. The number of aryl methyl sites for hydroxylation is 1. The number of benzene rings is 1. The molecule has 1 heterocycles. The van der Waals surface area contributed by atoms with Gasteiger partial charge in [0.15, 0.2) is 0 Å². The summed E-state index contributed by atoms with van der Waals surface area (Å²) in [4.78, 5) is 15.0. The van der Waals surface area contributed by atoms with Gasteiger partial charge in [0.1, 0.15) is 12.4 Å². The molecule has 1 aromatic heterocycles. The average molecular weight is 372 g/mol. The standard InChI is InChI=1S/C21H25NO3S/c1-12-17-14(10-15-18(17)21(15,2)3)19(26-12)20(24)22-11-13-6-4-5-7-16(13)25-9-8-23/h4-7,15,18,23H,8-11H2,1-3H3,(H,22,24)/t15-,18-/m1/s1. The summed E-state index contributed by atoms with van der Waals surface area (Å²) in [5, 5.41) is 12.0. The molecule has 2 aromatic rings. The van der Waals surface area contributed by atoms with Gasteiger partial charge in [0.05, 0.1) is 11.5 Å². The minimum atomic E-state index is -0.0278. The summed E-state index contributed by atoms with van der Waals surface area (Å²) >= 11 is 1.63. The van der Waals surface area contributed by atoms with Gasteiger partial charge in [0, 0.05) is 17.0 Å². The van der Waals surface area contributed by atoms with Crippen molar-refractivity contribution in [3.63, 3.8) is 0 Å². The zero-order chi connectivity index (χ0) is 18.5. The summed E-state index contributed by atoms with van der Waals surface area (Å²) in [5.41, 5.74) is 4.05. The molecular weight excluding hydrogens is 346 g/mol. The van der Waals surface area contributed by atoms with Crippen LogP contribution in [0.4, 0.5) is 0 Å². The summed E-state index contributed by atoms with van der Waals surface area (Å²) in [6.45, 7) is 7.47. The van der Waals surface area contributed by atoms with E-state index in [2.05, 4.69) is 26.1 Å². The highest BCUT2D eigenvalue weighted by atomic mass is 32.1. The fourth-order valence-corrected chi connectivity index (χ4v) is 5.67. The van der Waals surface area contributed by atoms with Crippen LogP contribution in [0, 0.1) is 18.3 Å². The SMILES string of the molecule is Cc1sc(C(=O)NCc2ccccc2OCCO)c2c1[C@H]1[C@@H](C2)C1(C)C. The van der Waals surface area contributed by atoms with E-state index in [4.69, 9.17) is 9.84 Å². The smallest absolute Gasteiger partial charge is 0.261 e. The second kappa shape index (κ2) is 6.39. The summed E-state index contributed by atoms with van der Waals surface area (Å²) in [5.74, 6) is 2.06. The minimum absolute atomic E-state index is 0.00965. The number of carbonyl (C=O) groups excluding carboxylic acids is 1. The number of hydrogen-bond acceptors (Lipinski definition) is 4. The van der Waals surface area contributed by atoms with Crippen molar-refractivity contribution in [1.29, 1.82) is 0 Å². The van der Waals surface area contributed by atoms with Crippen LogP contribution in [0.1, 0.15) is 51.0 Å². The van der Waals surface area contributed by atoms with Crippen molar-refractivity contribution in [3.05, 3.63) is 50.7 Å². The van der Waals surface area contributed by atoms with E-state index in [9.17, 15) is 4.79 Å². The lowest BCUT2D eigenvalue weighted by Crippen LogP contribution is -2.23. The Hall–Kier alpha value is -1.85. The Bertz CT molecular complexity index is 855. The zero-order valence-electron chi connectivity index (χ0n) is 15.5. The van der Waals surface area contributed by atoms with Crippen LogP contribution >= 0.6 is 11.3 Å². The number of para-hydroxylation sites is 1. The van der Waals surface area contributed by atoms with Gasteiger partial charge < -0.3 is 15.2 Å². The van der Waals surface area contributed by atoms with Crippen LogP contribution in [0.3, 0.4) is 0 Å². The molecule has 4 rings (SSSR count). The van der Waals surface area contributed by atoms with Gasteiger partial charge in [-0.3, -0.25) is 4.79 Å². The van der Waals surface area contributed by atoms with Gasteiger partial charge in [-0.2, -0.15) is 0 Å². The third-order valence-electron chi connectivity index (χ3n) is 5.99.